The molecular formula is C17H18N2O2S2. The van der Waals surface area contributed by atoms with E-state index in [4.69, 9.17) is 21.7 Å². The minimum atomic E-state index is 0.727. The van der Waals surface area contributed by atoms with Gasteiger partial charge in [-0.1, -0.05) is 24.0 Å². The lowest BCUT2D eigenvalue weighted by molar-refractivity contribution is 0.415. The van der Waals surface area contributed by atoms with Crippen molar-refractivity contribution in [2.75, 3.05) is 36.6 Å². The van der Waals surface area contributed by atoms with Crippen LogP contribution in [0.15, 0.2) is 48.5 Å². The number of benzene rings is 2. The standard InChI is InChI=1S/C17H18N2O2S2/c1-20-15-7-3-13(4-8-15)18-11-19(17(22)23-12-18)14-5-9-16(21-2)10-6-14/h3-10H,11-12H2,1-2H3. The number of ether oxygens (including phenoxy) is 2. The van der Waals surface area contributed by atoms with Crippen molar-refractivity contribution in [1.29, 1.82) is 0 Å². The molecule has 1 saturated heterocycles. The lowest BCUT2D eigenvalue weighted by Crippen LogP contribution is -2.45. The average molecular weight is 346 g/mol. The molecule has 0 aromatic heterocycles. The maximum atomic E-state index is 5.52. The van der Waals surface area contributed by atoms with Crippen LogP contribution in [-0.4, -0.2) is 31.1 Å². The Bertz CT molecular complexity index is 674. The monoisotopic (exact) mass is 346 g/mol. The van der Waals surface area contributed by atoms with E-state index in [1.165, 1.54) is 0 Å². The Morgan fingerprint density at radius 3 is 1.91 bits per heavy atom. The van der Waals surface area contributed by atoms with Crippen LogP contribution in [0.4, 0.5) is 11.4 Å². The van der Waals surface area contributed by atoms with Gasteiger partial charge in [0.05, 0.1) is 26.8 Å². The zero-order chi connectivity index (χ0) is 16.2. The van der Waals surface area contributed by atoms with Gasteiger partial charge >= 0.3 is 0 Å². The highest BCUT2D eigenvalue weighted by molar-refractivity contribution is 8.23. The lowest BCUT2D eigenvalue weighted by Gasteiger charge is -2.38. The maximum Gasteiger partial charge on any atom is 0.144 e. The molecule has 0 radical (unpaired) electrons. The molecule has 0 N–H and O–H groups in total. The van der Waals surface area contributed by atoms with Crippen molar-refractivity contribution in [3.63, 3.8) is 0 Å². The SMILES string of the molecule is COc1ccc(N2CSC(=S)N(c3ccc(OC)cc3)C2)cc1. The molecule has 0 bridgehead atoms. The van der Waals surface area contributed by atoms with Gasteiger partial charge in [0.15, 0.2) is 0 Å². The molecule has 1 heterocycles. The molecular weight excluding hydrogens is 328 g/mol. The minimum Gasteiger partial charge on any atom is -0.497 e. The van der Waals surface area contributed by atoms with E-state index in [-0.39, 0.29) is 0 Å². The zero-order valence-corrected chi connectivity index (χ0v) is 14.7. The van der Waals surface area contributed by atoms with E-state index in [9.17, 15) is 0 Å². The second-order valence-corrected chi connectivity index (χ2v) is 6.62. The Morgan fingerprint density at radius 2 is 1.39 bits per heavy atom. The first-order chi connectivity index (χ1) is 11.2. The van der Waals surface area contributed by atoms with Gasteiger partial charge in [0.1, 0.15) is 15.8 Å². The van der Waals surface area contributed by atoms with Crippen LogP contribution in [0.25, 0.3) is 0 Å². The third-order valence-corrected chi connectivity index (χ3v) is 5.18. The van der Waals surface area contributed by atoms with Crippen molar-refractivity contribution in [1.82, 2.24) is 0 Å². The summed E-state index contributed by atoms with van der Waals surface area (Å²) in [6.45, 7) is 0.727. The normalized spacial score (nSPS) is 14.8. The summed E-state index contributed by atoms with van der Waals surface area (Å²) in [4.78, 5) is 4.41. The third-order valence-electron chi connectivity index (χ3n) is 3.70. The molecule has 1 aliphatic rings. The second kappa shape index (κ2) is 7.10. The second-order valence-electron chi connectivity index (χ2n) is 5.04. The molecule has 120 valence electrons. The Morgan fingerprint density at radius 1 is 0.870 bits per heavy atom. The van der Waals surface area contributed by atoms with Crippen LogP contribution in [0, 0.1) is 0 Å². The number of rotatable bonds is 4. The molecule has 0 saturated carbocycles. The fourth-order valence-corrected chi connectivity index (χ4v) is 3.52. The molecule has 0 atom stereocenters. The number of methoxy groups -OCH3 is 2. The quantitative estimate of drug-likeness (QED) is 0.777. The molecule has 0 unspecified atom stereocenters. The molecule has 0 amide bonds. The van der Waals surface area contributed by atoms with E-state index in [1.54, 1.807) is 26.0 Å². The number of thioether (sulfide) groups is 1. The fraction of sp³-hybridized carbons (Fsp3) is 0.235. The molecule has 6 heteroatoms. The van der Waals surface area contributed by atoms with Crippen molar-refractivity contribution in [2.24, 2.45) is 0 Å². The van der Waals surface area contributed by atoms with Gasteiger partial charge in [-0.15, -0.1) is 0 Å². The fourth-order valence-electron chi connectivity index (χ4n) is 2.38. The van der Waals surface area contributed by atoms with Gasteiger partial charge in [0, 0.05) is 11.4 Å². The molecule has 4 nitrogen and oxygen atoms in total. The van der Waals surface area contributed by atoms with E-state index in [0.29, 0.717) is 0 Å². The van der Waals surface area contributed by atoms with Crippen LogP contribution in [0.3, 0.4) is 0 Å². The minimum absolute atomic E-state index is 0.727. The van der Waals surface area contributed by atoms with Crippen molar-refractivity contribution < 1.29 is 9.47 Å². The van der Waals surface area contributed by atoms with Gasteiger partial charge in [-0.2, -0.15) is 0 Å². The summed E-state index contributed by atoms with van der Waals surface area (Å²) in [6.07, 6.45) is 0. The number of anilines is 2. The Hall–Kier alpha value is -1.92. The summed E-state index contributed by atoms with van der Waals surface area (Å²) >= 11 is 7.19. The summed E-state index contributed by atoms with van der Waals surface area (Å²) < 4.78 is 11.3. The predicted octanol–water partition coefficient (Wildman–Crippen LogP) is 3.96. The largest absolute Gasteiger partial charge is 0.497 e. The maximum absolute atomic E-state index is 5.52. The first-order valence-electron chi connectivity index (χ1n) is 7.18. The van der Waals surface area contributed by atoms with Crippen LogP contribution >= 0.6 is 24.0 Å². The first-order valence-corrected chi connectivity index (χ1v) is 8.58. The van der Waals surface area contributed by atoms with Gasteiger partial charge in [-0.3, -0.25) is 0 Å². The van der Waals surface area contributed by atoms with Crippen LogP contribution < -0.4 is 19.3 Å². The molecule has 0 aliphatic carbocycles. The van der Waals surface area contributed by atoms with Gasteiger partial charge in [0.25, 0.3) is 0 Å². The Labute approximate surface area is 146 Å². The number of thiocarbonyl (C=S) groups is 1. The van der Waals surface area contributed by atoms with Crippen LogP contribution in [0.1, 0.15) is 0 Å². The lowest BCUT2D eigenvalue weighted by atomic mass is 10.2. The molecule has 1 aliphatic heterocycles. The molecule has 1 fully saturated rings. The summed E-state index contributed by atoms with van der Waals surface area (Å²) in [6, 6.07) is 16.1. The predicted molar refractivity (Wildman–Crippen MR) is 101 cm³/mol. The van der Waals surface area contributed by atoms with E-state index in [1.807, 2.05) is 36.4 Å². The van der Waals surface area contributed by atoms with Crippen molar-refractivity contribution in [3.05, 3.63) is 48.5 Å². The Kier molecular flexibility index (Phi) is 4.93. The van der Waals surface area contributed by atoms with Gasteiger partial charge in [-0.05, 0) is 48.5 Å². The zero-order valence-electron chi connectivity index (χ0n) is 13.1. The molecule has 0 spiro atoms. The molecule has 2 aromatic rings. The van der Waals surface area contributed by atoms with Crippen LogP contribution in [-0.2, 0) is 0 Å². The van der Waals surface area contributed by atoms with Crippen molar-refractivity contribution in [2.45, 2.75) is 0 Å². The van der Waals surface area contributed by atoms with Gasteiger partial charge in [-0.25, -0.2) is 0 Å². The van der Waals surface area contributed by atoms with Crippen molar-refractivity contribution in [3.8, 4) is 11.5 Å². The molecule has 2 aromatic carbocycles. The Balaban J connectivity index is 1.78. The topological polar surface area (TPSA) is 24.9 Å². The third kappa shape index (κ3) is 3.54. The van der Waals surface area contributed by atoms with E-state index >= 15 is 0 Å². The van der Waals surface area contributed by atoms with Crippen LogP contribution in [0.2, 0.25) is 0 Å². The van der Waals surface area contributed by atoms with Crippen LogP contribution in [0.5, 0.6) is 11.5 Å². The number of nitrogens with zero attached hydrogens (tertiary/aromatic N) is 2. The van der Waals surface area contributed by atoms with E-state index < -0.39 is 0 Å². The number of hydrogen-bond acceptors (Lipinski definition) is 5. The summed E-state index contributed by atoms with van der Waals surface area (Å²) in [5.74, 6) is 2.55. The van der Waals surface area contributed by atoms with E-state index in [0.717, 1.165) is 39.7 Å². The molecule has 23 heavy (non-hydrogen) atoms. The van der Waals surface area contributed by atoms with E-state index in [2.05, 4.69) is 21.9 Å². The smallest absolute Gasteiger partial charge is 0.144 e. The summed E-state index contributed by atoms with van der Waals surface area (Å²) in [7, 11) is 3.34. The van der Waals surface area contributed by atoms with Crippen molar-refractivity contribution >= 4 is 39.7 Å². The highest BCUT2D eigenvalue weighted by Crippen LogP contribution is 2.30. The highest BCUT2D eigenvalue weighted by atomic mass is 32.2. The first kappa shape index (κ1) is 16.0. The average Bonchev–Trinajstić information content (AvgIpc) is 2.62. The van der Waals surface area contributed by atoms with Gasteiger partial charge < -0.3 is 19.3 Å². The highest BCUT2D eigenvalue weighted by Gasteiger charge is 2.23. The molecule has 3 rings (SSSR count). The van der Waals surface area contributed by atoms with Gasteiger partial charge in [0.2, 0.25) is 0 Å². The summed E-state index contributed by atoms with van der Waals surface area (Å²) in [5, 5.41) is 0. The number of hydrogen-bond donors (Lipinski definition) is 0. The summed E-state index contributed by atoms with van der Waals surface area (Å²) in [5.41, 5.74) is 2.22.